The van der Waals surface area contributed by atoms with E-state index in [0.29, 0.717) is 12.2 Å². The van der Waals surface area contributed by atoms with Crippen LogP contribution in [0.25, 0.3) is 56.7 Å². The first-order valence-corrected chi connectivity index (χ1v) is 16.4. The van der Waals surface area contributed by atoms with Crippen LogP contribution in [0.4, 0.5) is 0 Å². The lowest BCUT2D eigenvalue weighted by Crippen LogP contribution is -2.26. The van der Waals surface area contributed by atoms with Crippen LogP contribution in [0.2, 0.25) is 0 Å². The Bertz CT molecular complexity index is 2250. The SMILES string of the molecule is C=Cc1c(-c2ccc(CO/C=C\N)cc2)cc2c(c1C=C)-c1ccc(-c3ccc(C(N)O)cc3)cc1C21c2ccccc2-c2ccccc21. The van der Waals surface area contributed by atoms with Crippen LogP contribution in [0.15, 0.2) is 147 Å². The molecule has 6 aromatic carbocycles. The predicted molar refractivity (Wildman–Crippen MR) is 201 cm³/mol. The van der Waals surface area contributed by atoms with E-state index in [1.54, 1.807) is 0 Å². The van der Waals surface area contributed by atoms with Gasteiger partial charge in [0.25, 0.3) is 0 Å². The third-order valence-electron chi connectivity index (χ3n) is 10.1. The summed E-state index contributed by atoms with van der Waals surface area (Å²) in [6.45, 7) is 9.09. The first kappa shape index (κ1) is 30.4. The van der Waals surface area contributed by atoms with Gasteiger partial charge in [-0.2, -0.15) is 0 Å². The minimum Gasteiger partial charge on any atom is -0.495 e. The molecule has 4 heteroatoms. The van der Waals surface area contributed by atoms with Crippen LogP contribution < -0.4 is 11.5 Å². The molecular formula is C45H36N2O2. The third-order valence-corrected chi connectivity index (χ3v) is 10.1. The highest BCUT2D eigenvalue weighted by molar-refractivity contribution is 6.01. The molecule has 1 atom stereocenters. The average Bonchev–Trinajstić information content (AvgIpc) is 3.61. The maximum Gasteiger partial charge on any atom is 0.128 e. The van der Waals surface area contributed by atoms with Crippen LogP contribution in [0, 0.1) is 0 Å². The lowest BCUT2D eigenvalue weighted by molar-refractivity contribution is 0.186. The molecule has 0 aliphatic heterocycles. The molecule has 238 valence electrons. The topological polar surface area (TPSA) is 81.5 Å². The zero-order valence-electron chi connectivity index (χ0n) is 27.1. The van der Waals surface area contributed by atoms with Gasteiger partial charge in [0.2, 0.25) is 0 Å². The van der Waals surface area contributed by atoms with Gasteiger partial charge in [0.1, 0.15) is 12.8 Å². The Morgan fingerprint density at radius 3 is 1.86 bits per heavy atom. The van der Waals surface area contributed by atoms with Gasteiger partial charge in [-0.25, -0.2) is 0 Å². The molecule has 0 saturated carbocycles. The molecule has 8 rings (SSSR count). The number of rotatable bonds is 8. The Morgan fingerprint density at radius 1 is 0.633 bits per heavy atom. The van der Waals surface area contributed by atoms with Crippen LogP contribution in [0.5, 0.6) is 0 Å². The Morgan fingerprint density at radius 2 is 1.24 bits per heavy atom. The minimum absolute atomic E-state index is 0.439. The van der Waals surface area contributed by atoms with Crippen molar-refractivity contribution in [2.45, 2.75) is 18.2 Å². The molecule has 49 heavy (non-hydrogen) atoms. The first-order chi connectivity index (χ1) is 24.0. The molecule has 0 saturated heterocycles. The lowest BCUT2D eigenvalue weighted by atomic mass is 9.69. The highest BCUT2D eigenvalue weighted by atomic mass is 16.5. The quantitative estimate of drug-likeness (QED) is 0.115. The van der Waals surface area contributed by atoms with E-state index in [1.165, 1.54) is 57.0 Å². The van der Waals surface area contributed by atoms with E-state index < -0.39 is 11.6 Å². The van der Waals surface area contributed by atoms with Crippen LogP contribution >= 0.6 is 0 Å². The number of hydrogen-bond acceptors (Lipinski definition) is 4. The number of benzene rings is 6. The fourth-order valence-electron chi connectivity index (χ4n) is 8.04. The summed E-state index contributed by atoms with van der Waals surface area (Å²) in [5, 5.41) is 9.94. The minimum atomic E-state index is -1.01. The largest absolute Gasteiger partial charge is 0.495 e. The molecule has 1 spiro atoms. The van der Waals surface area contributed by atoms with Crippen molar-refractivity contribution in [3.05, 3.63) is 191 Å². The van der Waals surface area contributed by atoms with Gasteiger partial charge in [0.05, 0.1) is 11.7 Å². The maximum absolute atomic E-state index is 9.94. The highest BCUT2D eigenvalue weighted by Gasteiger charge is 2.52. The second kappa shape index (κ2) is 11.9. The van der Waals surface area contributed by atoms with E-state index >= 15 is 0 Å². The summed E-state index contributed by atoms with van der Waals surface area (Å²) < 4.78 is 5.53. The van der Waals surface area contributed by atoms with Crippen molar-refractivity contribution in [2.24, 2.45) is 11.5 Å². The van der Waals surface area contributed by atoms with Crippen molar-refractivity contribution in [3.8, 4) is 44.5 Å². The summed E-state index contributed by atoms with van der Waals surface area (Å²) in [6, 6.07) is 43.2. The van der Waals surface area contributed by atoms with E-state index in [1.807, 2.05) is 36.4 Å². The fraction of sp³-hybridized carbons (Fsp3) is 0.0667. The molecule has 0 aromatic heterocycles. The number of nitrogens with two attached hydrogens (primary N) is 2. The van der Waals surface area contributed by atoms with Crippen LogP contribution in [0.1, 0.15) is 50.7 Å². The van der Waals surface area contributed by atoms with E-state index in [9.17, 15) is 5.11 Å². The molecule has 0 radical (unpaired) electrons. The summed E-state index contributed by atoms with van der Waals surface area (Å²) in [7, 11) is 0. The molecule has 4 nitrogen and oxygen atoms in total. The first-order valence-electron chi connectivity index (χ1n) is 16.4. The second-order valence-electron chi connectivity index (χ2n) is 12.6. The summed E-state index contributed by atoms with van der Waals surface area (Å²) in [6.07, 6.45) is 5.83. The van der Waals surface area contributed by atoms with Crippen LogP contribution in [-0.2, 0) is 16.8 Å². The summed E-state index contributed by atoms with van der Waals surface area (Å²) >= 11 is 0. The van der Waals surface area contributed by atoms with E-state index in [-0.39, 0.29) is 0 Å². The van der Waals surface area contributed by atoms with Crippen molar-refractivity contribution < 1.29 is 9.84 Å². The van der Waals surface area contributed by atoms with Crippen LogP contribution in [-0.4, -0.2) is 5.11 Å². The molecule has 2 aliphatic carbocycles. The number of fused-ring (bicyclic) bond motifs is 10. The van der Waals surface area contributed by atoms with Crippen molar-refractivity contribution in [1.82, 2.24) is 0 Å². The molecule has 1 unspecified atom stereocenters. The normalized spacial score (nSPS) is 13.8. The maximum atomic E-state index is 9.94. The smallest absolute Gasteiger partial charge is 0.128 e. The highest BCUT2D eigenvalue weighted by Crippen LogP contribution is 2.64. The van der Waals surface area contributed by atoms with Crippen molar-refractivity contribution in [2.75, 3.05) is 0 Å². The van der Waals surface area contributed by atoms with E-state index in [2.05, 4.69) is 110 Å². The zero-order chi connectivity index (χ0) is 33.7. The standard InChI is InChI=1S/C45H36N2O2/c1-3-33-34(4-2)43-37-22-21-32(29-17-19-31(20-18-29)44(47)48)25-41(37)45(39-11-7-5-9-35(39)36-10-6-8-12-40(36)45)42(43)26-38(33)30-15-13-28(14-16-30)27-49-24-23-46/h3-26,44,48H,1-2,27,46-47H2/b24-23-. The summed E-state index contributed by atoms with van der Waals surface area (Å²) in [5.74, 6) is 0. The Labute approximate surface area is 287 Å². The van der Waals surface area contributed by atoms with Crippen molar-refractivity contribution in [1.29, 1.82) is 0 Å². The summed E-state index contributed by atoms with van der Waals surface area (Å²) in [5.41, 5.74) is 28.7. The van der Waals surface area contributed by atoms with Crippen molar-refractivity contribution >= 4 is 12.2 Å². The molecule has 6 aromatic rings. The Hall–Kier alpha value is -5.94. The van der Waals surface area contributed by atoms with Gasteiger partial charge in [-0.05, 0) is 101 Å². The monoisotopic (exact) mass is 636 g/mol. The molecule has 0 bridgehead atoms. The molecule has 0 amide bonds. The number of aliphatic hydroxyl groups excluding tert-OH is 1. The Balaban J connectivity index is 1.43. The van der Waals surface area contributed by atoms with E-state index in [4.69, 9.17) is 16.2 Å². The van der Waals surface area contributed by atoms with Gasteiger partial charge >= 0.3 is 0 Å². The fourth-order valence-corrected chi connectivity index (χ4v) is 8.04. The van der Waals surface area contributed by atoms with Crippen molar-refractivity contribution in [3.63, 3.8) is 0 Å². The van der Waals surface area contributed by atoms with Gasteiger partial charge < -0.3 is 21.3 Å². The van der Waals surface area contributed by atoms with E-state index in [0.717, 1.165) is 38.9 Å². The number of aliphatic hydroxyl groups is 1. The Kier molecular flexibility index (Phi) is 7.41. The number of hydrogen-bond donors (Lipinski definition) is 3. The molecule has 5 N–H and O–H groups in total. The van der Waals surface area contributed by atoms with Gasteiger partial charge in [0, 0.05) is 6.20 Å². The molecule has 0 fully saturated rings. The third kappa shape index (κ3) is 4.53. The molecule has 0 heterocycles. The summed E-state index contributed by atoms with van der Waals surface area (Å²) in [4.78, 5) is 0. The lowest BCUT2D eigenvalue weighted by Gasteiger charge is -2.31. The van der Waals surface area contributed by atoms with Gasteiger partial charge in [-0.15, -0.1) is 0 Å². The van der Waals surface area contributed by atoms with Gasteiger partial charge in [-0.3, -0.25) is 0 Å². The second-order valence-corrected chi connectivity index (χ2v) is 12.6. The van der Waals surface area contributed by atoms with Gasteiger partial charge in [0.15, 0.2) is 0 Å². The van der Waals surface area contributed by atoms with Crippen LogP contribution in [0.3, 0.4) is 0 Å². The number of ether oxygens (including phenoxy) is 1. The zero-order valence-corrected chi connectivity index (χ0v) is 27.1. The van der Waals surface area contributed by atoms with Gasteiger partial charge in [-0.1, -0.05) is 135 Å². The molecule has 2 aliphatic rings. The average molecular weight is 637 g/mol. The molecular weight excluding hydrogens is 601 g/mol. The predicted octanol–water partition coefficient (Wildman–Crippen LogP) is 9.55.